The smallest absolute Gasteiger partial charge is 0.00986 e. The molecular weight excluding hydrogens is 184 g/mol. The Labute approximate surface area is 94.4 Å². The van der Waals surface area contributed by atoms with Crippen LogP contribution in [0, 0.1) is 5.92 Å². The third-order valence-electron chi connectivity index (χ3n) is 4.11. The van der Waals surface area contributed by atoms with Crippen LogP contribution in [0.25, 0.3) is 0 Å². The number of fused-ring (bicyclic) bond motifs is 2. The number of hydrogen-bond donors (Lipinski definition) is 1. The van der Waals surface area contributed by atoms with Gasteiger partial charge in [0.2, 0.25) is 0 Å². The van der Waals surface area contributed by atoms with E-state index in [1.54, 1.807) is 0 Å². The summed E-state index contributed by atoms with van der Waals surface area (Å²) in [5.74, 6) is 1.05. The maximum atomic E-state index is 3.57. The quantitative estimate of drug-likeness (QED) is 0.723. The Morgan fingerprint density at radius 3 is 2.87 bits per heavy atom. The Morgan fingerprint density at radius 2 is 2.27 bits per heavy atom. The van der Waals surface area contributed by atoms with Gasteiger partial charge in [0.05, 0.1) is 0 Å². The number of likely N-dealkylation sites (tertiary alicyclic amines) is 1. The minimum Gasteiger partial charge on any atom is -0.314 e. The van der Waals surface area contributed by atoms with Gasteiger partial charge in [-0.1, -0.05) is 6.92 Å². The highest BCUT2D eigenvalue weighted by Gasteiger charge is 2.37. The molecule has 3 atom stereocenters. The highest BCUT2D eigenvalue weighted by molar-refractivity contribution is 4.92. The highest BCUT2D eigenvalue weighted by Crippen LogP contribution is 2.37. The Bertz CT molecular complexity index is 193. The first kappa shape index (κ1) is 11.4. The van der Waals surface area contributed by atoms with Crippen LogP contribution in [-0.4, -0.2) is 36.6 Å². The largest absolute Gasteiger partial charge is 0.314 e. The van der Waals surface area contributed by atoms with Gasteiger partial charge in [0.25, 0.3) is 0 Å². The zero-order valence-corrected chi connectivity index (χ0v) is 10.3. The molecule has 2 rings (SSSR count). The van der Waals surface area contributed by atoms with E-state index in [2.05, 4.69) is 24.1 Å². The van der Waals surface area contributed by atoms with E-state index in [1.165, 1.54) is 51.7 Å². The molecule has 88 valence electrons. The second-order valence-electron chi connectivity index (χ2n) is 5.47. The zero-order valence-electron chi connectivity index (χ0n) is 10.3. The molecule has 1 aliphatic carbocycles. The first-order chi connectivity index (χ1) is 7.29. The topological polar surface area (TPSA) is 15.3 Å². The van der Waals surface area contributed by atoms with Crippen LogP contribution in [0.1, 0.15) is 46.0 Å². The van der Waals surface area contributed by atoms with E-state index in [1.807, 2.05) is 0 Å². The first-order valence-corrected chi connectivity index (χ1v) is 6.77. The molecule has 0 aromatic rings. The molecular formula is C13H26N2. The lowest BCUT2D eigenvalue weighted by Gasteiger charge is -2.28. The minimum atomic E-state index is 0.698. The Hall–Kier alpha value is -0.0800. The highest BCUT2D eigenvalue weighted by atomic mass is 15.2. The predicted octanol–water partition coefficient (Wildman–Crippen LogP) is 2.25. The molecule has 1 saturated carbocycles. The molecule has 0 aromatic carbocycles. The molecule has 0 spiro atoms. The molecule has 0 amide bonds. The summed E-state index contributed by atoms with van der Waals surface area (Å²) in [4.78, 5) is 2.73. The summed E-state index contributed by atoms with van der Waals surface area (Å²) in [7, 11) is 0. The molecule has 0 radical (unpaired) electrons. The Balaban J connectivity index is 1.61. The fourth-order valence-electron chi connectivity index (χ4n) is 3.15. The van der Waals surface area contributed by atoms with Crippen LogP contribution in [0.2, 0.25) is 0 Å². The van der Waals surface area contributed by atoms with Gasteiger partial charge in [-0.05, 0) is 58.0 Å². The molecule has 2 bridgehead atoms. The summed E-state index contributed by atoms with van der Waals surface area (Å²) in [5.41, 5.74) is 0. The normalized spacial score (nSPS) is 32.4. The zero-order chi connectivity index (χ0) is 10.7. The summed E-state index contributed by atoms with van der Waals surface area (Å²) in [6.07, 6.45) is 7.05. The molecule has 15 heavy (non-hydrogen) atoms. The van der Waals surface area contributed by atoms with E-state index in [0.717, 1.165) is 12.0 Å². The van der Waals surface area contributed by atoms with Crippen LogP contribution >= 0.6 is 0 Å². The first-order valence-electron chi connectivity index (χ1n) is 6.77. The second-order valence-corrected chi connectivity index (χ2v) is 5.47. The van der Waals surface area contributed by atoms with Crippen molar-refractivity contribution in [3.8, 4) is 0 Å². The van der Waals surface area contributed by atoms with Gasteiger partial charge in [-0.15, -0.1) is 0 Å². The number of nitrogens with one attached hydrogen (secondary N) is 1. The van der Waals surface area contributed by atoms with Crippen molar-refractivity contribution in [3.63, 3.8) is 0 Å². The van der Waals surface area contributed by atoms with E-state index in [-0.39, 0.29) is 0 Å². The van der Waals surface area contributed by atoms with Crippen molar-refractivity contribution < 1.29 is 0 Å². The van der Waals surface area contributed by atoms with Gasteiger partial charge in [0, 0.05) is 18.6 Å². The van der Waals surface area contributed by atoms with Crippen LogP contribution < -0.4 is 5.32 Å². The molecule has 1 saturated heterocycles. The SMILES string of the molecule is CCCNC(C)CCN1CC2CCC1C2. The molecule has 2 aliphatic rings. The number of hydrogen-bond acceptors (Lipinski definition) is 2. The van der Waals surface area contributed by atoms with Crippen molar-refractivity contribution in [3.05, 3.63) is 0 Å². The Kier molecular flexibility index (Phi) is 4.04. The van der Waals surface area contributed by atoms with Crippen LogP contribution in [0.15, 0.2) is 0 Å². The molecule has 2 fully saturated rings. The van der Waals surface area contributed by atoms with E-state index < -0.39 is 0 Å². The lowest BCUT2D eigenvalue weighted by Crippen LogP contribution is -2.36. The Morgan fingerprint density at radius 1 is 1.40 bits per heavy atom. The van der Waals surface area contributed by atoms with Gasteiger partial charge >= 0.3 is 0 Å². The second kappa shape index (κ2) is 5.31. The van der Waals surface area contributed by atoms with Crippen molar-refractivity contribution in [2.45, 2.75) is 58.0 Å². The average Bonchev–Trinajstić information content (AvgIpc) is 2.84. The molecule has 2 nitrogen and oxygen atoms in total. The number of nitrogens with zero attached hydrogens (tertiary/aromatic N) is 1. The lowest BCUT2D eigenvalue weighted by molar-refractivity contribution is 0.204. The van der Waals surface area contributed by atoms with Crippen molar-refractivity contribution in [1.29, 1.82) is 0 Å². The standard InChI is InChI=1S/C13H26N2/c1-3-7-14-11(2)6-8-15-10-12-4-5-13(15)9-12/h11-14H,3-10H2,1-2H3. The molecule has 1 heterocycles. The minimum absolute atomic E-state index is 0.698. The van der Waals surface area contributed by atoms with Crippen LogP contribution in [0.4, 0.5) is 0 Å². The third-order valence-corrected chi connectivity index (χ3v) is 4.11. The van der Waals surface area contributed by atoms with E-state index >= 15 is 0 Å². The number of rotatable bonds is 6. The summed E-state index contributed by atoms with van der Waals surface area (Å²) >= 11 is 0. The fourth-order valence-corrected chi connectivity index (χ4v) is 3.15. The number of piperidine rings is 1. The van der Waals surface area contributed by atoms with E-state index in [0.29, 0.717) is 6.04 Å². The summed E-state index contributed by atoms with van der Waals surface area (Å²) in [5, 5.41) is 3.57. The predicted molar refractivity (Wildman–Crippen MR) is 65.1 cm³/mol. The van der Waals surface area contributed by atoms with Gasteiger partial charge in [-0.2, -0.15) is 0 Å². The van der Waals surface area contributed by atoms with Crippen LogP contribution in [0.5, 0.6) is 0 Å². The van der Waals surface area contributed by atoms with Crippen molar-refractivity contribution in [2.75, 3.05) is 19.6 Å². The molecule has 2 heteroatoms. The summed E-state index contributed by atoms with van der Waals surface area (Å²) in [6, 6.07) is 1.65. The van der Waals surface area contributed by atoms with Gasteiger partial charge in [0.1, 0.15) is 0 Å². The monoisotopic (exact) mass is 210 g/mol. The van der Waals surface area contributed by atoms with Crippen molar-refractivity contribution >= 4 is 0 Å². The lowest BCUT2D eigenvalue weighted by atomic mass is 10.1. The van der Waals surface area contributed by atoms with Crippen molar-refractivity contribution in [1.82, 2.24) is 10.2 Å². The van der Waals surface area contributed by atoms with Crippen LogP contribution in [-0.2, 0) is 0 Å². The average molecular weight is 210 g/mol. The molecule has 1 N–H and O–H groups in total. The molecule has 0 aromatic heterocycles. The maximum absolute atomic E-state index is 3.57. The fraction of sp³-hybridized carbons (Fsp3) is 1.00. The molecule has 1 aliphatic heterocycles. The van der Waals surface area contributed by atoms with Crippen molar-refractivity contribution in [2.24, 2.45) is 5.92 Å². The van der Waals surface area contributed by atoms with E-state index in [4.69, 9.17) is 0 Å². The summed E-state index contributed by atoms with van der Waals surface area (Å²) in [6.45, 7) is 8.45. The maximum Gasteiger partial charge on any atom is 0.00986 e. The molecule has 3 unspecified atom stereocenters. The third kappa shape index (κ3) is 2.94. The summed E-state index contributed by atoms with van der Waals surface area (Å²) < 4.78 is 0. The van der Waals surface area contributed by atoms with Gasteiger partial charge in [-0.3, -0.25) is 0 Å². The van der Waals surface area contributed by atoms with Gasteiger partial charge in [0.15, 0.2) is 0 Å². The van der Waals surface area contributed by atoms with Gasteiger partial charge < -0.3 is 10.2 Å². The van der Waals surface area contributed by atoms with E-state index in [9.17, 15) is 0 Å². The van der Waals surface area contributed by atoms with Crippen LogP contribution in [0.3, 0.4) is 0 Å². The van der Waals surface area contributed by atoms with Gasteiger partial charge in [-0.25, -0.2) is 0 Å².